The minimum Gasteiger partial charge on any atom is -0.357 e. The van der Waals surface area contributed by atoms with E-state index < -0.39 is 0 Å². The smallest absolute Gasteiger partial charge is 0.191 e. The SMILES string of the molecule is CN=C(NCc1ccnc(N2CCCCCC2)c1)NC(C)C.I. The number of guanidine groups is 1. The van der Waals surface area contributed by atoms with E-state index >= 15 is 0 Å². The van der Waals surface area contributed by atoms with E-state index in [1.165, 1.54) is 31.2 Å². The Morgan fingerprint density at radius 1 is 1.26 bits per heavy atom. The summed E-state index contributed by atoms with van der Waals surface area (Å²) in [5.41, 5.74) is 1.24. The second-order valence-corrected chi connectivity index (χ2v) is 6.15. The van der Waals surface area contributed by atoms with Crippen molar-refractivity contribution < 1.29 is 0 Å². The van der Waals surface area contributed by atoms with Gasteiger partial charge in [0, 0.05) is 38.9 Å². The van der Waals surface area contributed by atoms with Crippen molar-refractivity contribution >= 4 is 35.8 Å². The fraction of sp³-hybridized carbons (Fsp3) is 0.647. The second-order valence-electron chi connectivity index (χ2n) is 6.15. The standard InChI is InChI=1S/C17H29N5.HI/c1-14(2)21-17(18-3)20-13-15-8-9-19-16(12-15)22-10-6-4-5-7-11-22;/h8-9,12,14H,4-7,10-11,13H2,1-3H3,(H2,18,20,21);1H. The first-order valence-electron chi connectivity index (χ1n) is 8.36. The van der Waals surface area contributed by atoms with Crippen LogP contribution in [0.4, 0.5) is 5.82 Å². The van der Waals surface area contributed by atoms with Gasteiger partial charge in [-0.1, -0.05) is 12.8 Å². The predicted octanol–water partition coefficient (Wildman–Crippen LogP) is 3.15. The third-order valence-corrected chi connectivity index (χ3v) is 3.85. The molecular weight excluding hydrogens is 401 g/mol. The highest BCUT2D eigenvalue weighted by Crippen LogP contribution is 2.18. The molecule has 1 fully saturated rings. The molecular formula is C17H30IN5. The van der Waals surface area contributed by atoms with Gasteiger partial charge in [0.25, 0.3) is 0 Å². The minimum absolute atomic E-state index is 0. The number of nitrogens with zero attached hydrogens (tertiary/aromatic N) is 3. The summed E-state index contributed by atoms with van der Waals surface area (Å²) in [5, 5.41) is 6.65. The molecule has 0 saturated carbocycles. The van der Waals surface area contributed by atoms with Crippen LogP contribution in [0.25, 0.3) is 0 Å². The monoisotopic (exact) mass is 431 g/mol. The fourth-order valence-electron chi connectivity index (χ4n) is 2.70. The van der Waals surface area contributed by atoms with Gasteiger partial charge in [0.15, 0.2) is 5.96 Å². The molecule has 1 aromatic rings. The minimum atomic E-state index is 0. The summed E-state index contributed by atoms with van der Waals surface area (Å²) >= 11 is 0. The largest absolute Gasteiger partial charge is 0.357 e. The van der Waals surface area contributed by atoms with E-state index in [0.29, 0.717) is 6.04 Å². The zero-order valence-electron chi connectivity index (χ0n) is 14.5. The van der Waals surface area contributed by atoms with Crippen molar-refractivity contribution in [1.82, 2.24) is 15.6 Å². The molecule has 2 rings (SSSR count). The van der Waals surface area contributed by atoms with Gasteiger partial charge in [-0.15, -0.1) is 24.0 Å². The average molecular weight is 431 g/mol. The van der Waals surface area contributed by atoms with Gasteiger partial charge in [-0.3, -0.25) is 4.99 Å². The number of halogens is 1. The number of rotatable bonds is 4. The van der Waals surface area contributed by atoms with Crippen molar-refractivity contribution in [2.45, 2.75) is 52.1 Å². The van der Waals surface area contributed by atoms with Gasteiger partial charge < -0.3 is 15.5 Å². The molecule has 1 aliphatic rings. The second kappa shape index (κ2) is 10.7. The first-order chi connectivity index (χ1) is 10.7. The molecule has 0 bridgehead atoms. The van der Waals surface area contributed by atoms with E-state index in [-0.39, 0.29) is 24.0 Å². The van der Waals surface area contributed by atoms with E-state index in [1.807, 2.05) is 6.20 Å². The third-order valence-electron chi connectivity index (χ3n) is 3.85. The maximum absolute atomic E-state index is 4.55. The molecule has 1 aromatic heterocycles. The maximum atomic E-state index is 4.55. The van der Waals surface area contributed by atoms with Crippen LogP contribution in [-0.4, -0.2) is 37.1 Å². The highest BCUT2D eigenvalue weighted by Gasteiger charge is 2.11. The fourth-order valence-corrected chi connectivity index (χ4v) is 2.70. The lowest BCUT2D eigenvalue weighted by Gasteiger charge is -2.22. The number of pyridine rings is 1. The van der Waals surface area contributed by atoms with Crippen LogP contribution in [0, 0.1) is 0 Å². The zero-order valence-corrected chi connectivity index (χ0v) is 16.8. The molecule has 2 heterocycles. The van der Waals surface area contributed by atoms with Gasteiger partial charge >= 0.3 is 0 Å². The van der Waals surface area contributed by atoms with E-state index in [9.17, 15) is 0 Å². The molecule has 6 heteroatoms. The molecule has 0 aromatic carbocycles. The normalized spacial score (nSPS) is 15.8. The van der Waals surface area contributed by atoms with Gasteiger partial charge in [-0.25, -0.2) is 4.98 Å². The van der Waals surface area contributed by atoms with E-state index in [0.717, 1.165) is 31.4 Å². The topological polar surface area (TPSA) is 52.6 Å². The summed E-state index contributed by atoms with van der Waals surface area (Å²) in [7, 11) is 1.80. The third kappa shape index (κ3) is 6.93. The van der Waals surface area contributed by atoms with Gasteiger partial charge in [0.2, 0.25) is 0 Å². The Labute approximate surface area is 157 Å². The van der Waals surface area contributed by atoms with Crippen molar-refractivity contribution in [3.05, 3.63) is 23.9 Å². The Hall–Kier alpha value is -1.05. The summed E-state index contributed by atoms with van der Waals surface area (Å²) in [5.74, 6) is 1.94. The molecule has 0 unspecified atom stereocenters. The molecule has 2 N–H and O–H groups in total. The number of anilines is 1. The van der Waals surface area contributed by atoms with Gasteiger partial charge in [-0.2, -0.15) is 0 Å². The van der Waals surface area contributed by atoms with E-state index in [1.54, 1.807) is 7.05 Å². The number of nitrogens with one attached hydrogen (secondary N) is 2. The van der Waals surface area contributed by atoms with Crippen LogP contribution in [0.5, 0.6) is 0 Å². The molecule has 0 atom stereocenters. The molecule has 0 aliphatic carbocycles. The van der Waals surface area contributed by atoms with Crippen molar-refractivity contribution in [3.63, 3.8) is 0 Å². The Balaban J connectivity index is 0.00000264. The van der Waals surface area contributed by atoms with Gasteiger partial charge in [-0.05, 0) is 44.4 Å². The molecule has 5 nitrogen and oxygen atoms in total. The molecule has 0 amide bonds. The predicted molar refractivity (Wildman–Crippen MR) is 109 cm³/mol. The Bertz CT molecular complexity index is 482. The summed E-state index contributed by atoms with van der Waals surface area (Å²) in [6, 6.07) is 4.63. The van der Waals surface area contributed by atoms with Crippen LogP contribution in [0.3, 0.4) is 0 Å². The zero-order chi connectivity index (χ0) is 15.8. The van der Waals surface area contributed by atoms with Crippen molar-refractivity contribution in [3.8, 4) is 0 Å². The number of aromatic nitrogens is 1. The van der Waals surface area contributed by atoms with Crippen LogP contribution < -0.4 is 15.5 Å². The number of hydrogen-bond donors (Lipinski definition) is 2. The molecule has 23 heavy (non-hydrogen) atoms. The van der Waals surface area contributed by atoms with Crippen molar-refractivity contribution in [2.75, 3.05) is 25.0 Å². The summed E-state index contributed by atoms with van der Waals surface area (Å²) < 4.78 is 0. The molecule has 1 aliphatic heterocycles. The first kappa shape index (κ1) is 20.0. The van der Waals surface area contributed by atoms with Crippen LogP contribution in [0.1, 0.15) is 45.1 Å². The molecule has 0 spiro atoms. The lowest BCUT2D eigenvalue weighted by Crippen LogP contribution is -2.40. The highest BCUT2D eigenvalue weighted by molar-refractivity contribution is 14.0. The quantitative estimate of drug-likeness (QED) is 0.437. The Kier molecular flexibility index (Phi) is 9.28. The summed E-state index contributed by atoms with van der Waals surface area (Å²) in [6.07, 6.45) is 7.14. The van der Waals surface area contributed by atoms with Crippen LogP contribution in [0.15, 0.2) is 23.3 Å². The van der Waals surface area contributed by atoms with Crippen molar-refractivity contribution in [2.24, 2.45) is 4.99 Å². The number of hydrogen-bond acceptors (Lipinski definition) is 3. The first-order valence-corrected chi connectivity index (χ1v) is 8.36. The number of aliphatic imine (C=N–C) groups is 1. The van der Waals surface area contributed by atoms with Crippen molar-refractivity contribution in [1.29, 1.82) is 0 Å². The lowest BCUT2D eigenvalue weighted by molar-refractivity contribution is 0.699. The van der Waals surface area contributed by atoms with Crippen LogP contribution >= 0.6 is 24.0 Å². The maximum Gasteiger partial charge on any atom is 0.191 e. The highest BCUT2D eigenvalue weighted by atomic mass is 127. The van der Waals surface area contributed by atoms with Gasteiger partial charge in [0.1, 0.15) is 5.82 Å². The summed E-state index contributed by atoms with van der Waals surface area (Å²) in [6.45, 7) is 7.23. The van der Waals surface area contributed by atoms with E-state index in [2.05, 4.69) is 51.5 Å². The Morgan fingerprint density at radius 2 is 1.96 bits per heavy atom. The summed E-state index contributed by atoms with van der Waals surface area (Å²) in [4.78, 5) is 11.2. The van der Waals surface area contributed by atoms with Crippen LogP contribution in [-0.2, 0) is 6.54 Å². The van der Waals surface area contributed by atoms with E-state index in [4.69, 9.17) is 0 Å². The molecule has 1 saturated heterocycles. The Morgan fingerprint density at radius 3 is 2.57 bits per heavy atom. The average Bonchev–Trinajstić information content (AvgIpc) is 2.80. The molecule has 0 radical (unpaired) electrons. The lowest BCUT2D eigenvalue weighted by atomic mass is 10.2. The molecule has 130 valence electrons. The van der Waals surface area contributed by atoms with Gasteiger partial charge in [0.05, 0.1) is 0 Å². The van der Waals surface area contributed by atoms with Crippen LogP contribution in [0.2, 0.25) is 0 Å².